The third-order valence-electron chi connectivity index (χ3n) is 5.33. The van der Waals surface area contributed by atoms with Crippen LogP contribution in [0, 0.1) is 0 Å². The maximum Gasteiger partial charge on any atom is 0.254 e. The molecule has 1 aliphatic heterocycles. The minimum atomic E-state index is -0.119. The maximum atomic E-state index is 12.4. The number of carbonyl (C=O) groups excluding carboxylic acids is 1. The molecule has 1 fully saturated rings. The lowest BCUT2D eigenvalue weighted by atomic mass is 10.1. The van der Waals surface area contributed by atoms with E-state index < -0.39 is 0 Å². The first-order valence-corrected chi connectivity index (χ1v) is 10.2. The van der Waals surface area contributed by atoms with Crippen LogP contribution in [0.4, 0.5) is 5.69 Å². The largest absolute Gasteiger partial charge is 0.381 e. The topological polar surface area (TPSA) is 73.1 Å². The Morgan fingerprint density at radius 2 is 2.24 bits per heavy atom. The molecule has 3 rings (SSSR count). The average Bonchev–Trinajstić information content (AvgIpc) is 3.10. The van der Waals surface area contributed by atoms with Crippen molar-refractivity contribution in [3.05, 3.63) is 60.5 Å². The smallest absolute Gasteiger partial charge is 0.254 e. The van der Waals surface area contributed by atoms with Crippen LogP contribution in [-0.4, -0.2) is 53.5 Å². The Morgan fingerprint density at radius 3 is 3.03 bits per heavy atom. The number of hydrogen-bond acceptors (Lipinski definition) is 4. The number of carbonyl (C=O) groups is 1. The highest BCUT2D eigenvalue weighted by Crippen LogP contribution is 2.28. The third-order valence-corrected chi connectivity index (χ3v) is 5.33. The molecule has 2 aromatic heterocycles. The molecule has 6 nitrogen and oxygen atoms in total. The van der Waals surface area contributed by atoms with Gasteiger partial charge in [0.2, 0.25) is 0 Å². The highest BCUT2D eigenvalue weighted by molar-refractivity contribution is 6.06. The zero-order valence-corrected chi connectivity index (χ0v) is 17.4. The summed E-state index contributed by atoms with van der Waals surface area (Å²) in [6.45, 7) is 8.98. The molecule has 0 radical (unpaired) electrons. The lowest BCUT2D eigenvalue weighted by Gasteiger charge is -2.22. The fraction of sp³-hybridized carbons (Fsp3) is 0.391. The number of fused-ring (bicyclic) bond motifs is 1. The Balaban J connectivity index is 1.70. The summed E-state index contributed by atoms with van der Waals surface area (Å²) < 4.78 is 0. The monoisotopic (exact) mass is 393 g/mol. The zero-order valence-electron chi connectivity index (χ0n) is 17.4. The van der Waals surface area contributed by atoms with E-state index in [0.717, 1.165) is 55.6 Å². The molecule has 3 N–H and O–H groups in total. The standard InChI is InChI=1S/C23H31N5O/c1-4-5-6-8-17(2)16-28-13-7-9-18(11-14-28)27-21-19-10-12-25-22(19)26-15-20(21)23(29)24-3/h4-6,8,10,12,15,18H,1,7,9,11,13-14,16H2,2-3H3,(H,24,29)(H2,25,26,27)/b6-5-,17-8+. The summed E-state index contributed by atoms with van der Waals surface area (Å²) >= 11 is 0. The highest BCUT2D eigenvalue weighted by atomic mass is 16.1. The molecule has 154 valence electrons. The number of allylic oxidation sites excluding steroid dienone is 4. The van der Waals surface area contributed by atoms with Crippen molar-refractivity contribution in [2.45, 2.75) is 32.2 Å². The normalized spacial score (nSPS) is 18.7. The fourth-order valence-electron chi connectivity index (χ4n) is 3.84. The second-order valence-corrected chi connectivity index (χ2v) is 7.55. The van der Waals surface area contributed by atoms with E-state index in [0.29, 0.717) is 11.6 Å². The van der Waals surface area contributed by atoms with Crippen molar-refractivity contribution >= 4 is 22.6 Å². The van der Waals surface area contributed by atoms with Crippen molar-refractivity contribution in [3.8, 4) is 0 Å². The summed E-state index contributed by atoms with van der Waals surface area (Å²) in [6.07, 6.45) is 14.7. The SMILES string of the molecule is C=C/C=C\C=C(/C)CN1CCCC(Nc2c(C(=O)NC)cnc3[nH]ccc23)CC1. The molecule has 1 unspecified atom stereocenters. The van der Waals surface area contributed by atoms with Crippen LogP contribution in [0.5, 0.6) is 0 Å². The van der Waals surface area contributed by atoms with Gasteiger partial charge in [-0.15, -0.1) is 0 Å². The van der Waals surface area contributed by atoms with Crippen LogP contribution in [0.3, 0.4) is 0 Å². The van der Waals surface area contributed by atoms with E-state index in [2.05, 4.69) is 45.1 Å². The van der Waals surface area contributed by atoms with Crippen LogP contribution in [0.25, 0.3) is 11.0 Å². The number of amides is 1. The van der Waals surface area contributed by atoms with Crippen LogP contribution >= 0.6 is 0 Å². The molecular weight excluding hydrogens is 362 g/mol. The van der Waals surface area contributed by atoms with Gasteiger partial charge in [-0.25, -0.2) is 4.98 Å². The van der Waals surface area contributed by atoms with E-state index in [-0.39, 0.29) is 5.91 Å². The molecule has 29 heavy (non-hydrogen) atoms. The summed E-state index contributed by atoms with van der Waals surface area (Å²) in [5.41, 5.74) is 3.61. The van der Waals surface area contributed by atoms with E-state index >= 15 is 0 Å². The van der Waals surface area contributed by atoms with Crippen LogP contribution in [-0.2, 0) is 0 Å². The van der Waals surface area contributed by atoms with Gasteiger partial charge in [-0.2, -0.15) is 0 Å². The summed E-state index contributed by atoms with van der Waals surface area (Å²) in [4.78, 5) is 22.4. The minimum Gasteiger partial charge on any atom is -0.381 e. The third kappa shape index (κ3) is 5.35. The maximum absolute atomic E-state index is 12.4. The molecule has 0 saturated carbocycles. The second kappa shape index (κ2) is 10.1. The van der Waals surface area contributed by atoms with Gasteiger partial charge in [0.25, 0.3) is 5.91 Å². The number of anilines is 1. The number of likely N-dealkylation sites (tertiary alicyclic amines) is 1. The number of aromatic amines is 1. The molecule has 1 saturated heterocycles. The molecule has 3 heterocycles. The van der Waals surface area contributed by atoms with Crippen molar-refractivity contribution in [3.63, 3.8) is 0 Å². The van der Waals surface area contributed by atoms with Crippen molar-refractivity contribution < 1.29 is 4.79 Å². The van der Waals surface area contributed by atoms with Gasteiger partial charge in [0.1, 0.15) is 5.65 Å². The lowest BCUT2D eigenvalue weighted by Crippen LogP contribution is -2.28. The quantitative estimate of drug-likeness (QED) is 0.624. The number of rotatable bonds is 7. The summed E-state index contributed by atoms with van der Waals surface area (Å²) in [5.74, 6) is -0.119. The molecule has 1 atom stereocenters. The summed E-state index contributed by atoms with van der Waals surface area (Å²) in [7, 11) is 1.65. The first kappa shape index (κ1) is 20.9. The molecule has 0 aromatic carbocycles. The van der Waals surface area contributed by atoms with Gasteiger partial charge in [0, 0.05) is 44.0 Å². The van der Waals surface area contributed by atoms with Gasteiger partial charge in [-0.1, -0.05) is 36.5 Å². The Morgan fingerprint density at radius 1 is 1.38 bits per heavy atom. The van der Waals surface area contributed by atoms with Crippen molar-refractivity contribution in [2.24, 2.45) is 0 Å². The van der Waals surface area contributed by atoms with Gasteiger partial charge in [0.05, 0.1) is 11.3 Å². The molecule has 6 heteroatoms. The number of H-pyrrole nitrogens is 1. The summed E-state index contributed by atoms with van der Waals surface area (Å²) in [5, 5.41) is 7.35. The second-order valence-electron chi connectivity index (χ2n) is 7.55. The van der Waals surface area contributed by atoms with Crippen LogP contribution < -0.4 is 10.6 Å². The Labute approximate surface area is 172 Å². The first-order valence-electron chi connectivity index (χ1n) is 10.2. The molecule has 0 spiro atoms. The van der Waals surface area contributed by atoms with E-state index in [1.165, 1.54) is 5.57 Å². The fourth-order valence-corrected chi connectivity index (χ4v) is 3.84. The number of pyridine rings is 1. The van der Waals surface area contributed by atoms with Crippen LogP contribution in [0.2, 0.25) is 0 Å². The van der Waals surface area contributed by atoms with Gasteiger partial charge in [-0.05, 0) is 38.8 Å². The molecule has 0 aliphatic carbocycles. The molecule has 0 bridgehead atoms. The Kier molecular flexibility index (Phi) is 7.25. The number of hydrogen-bond donors (Lipinski definition) is 3. The van der Waals surface area contributed by atoms with Crippen LogP contribution in [0.15, 0.2) is 54.9 Å². The van der Waals surface area contributed by atoms with Crippen molar-refractivity contribution in [1.29, 1.82) is 0 Å². The molecule has 2 aromatic rings. The Bertz CT molecular complexity index is 911. The van der Waals surface area contributed by atoms with Gasteiger partial charge < -0.3 is 15.6 Å². The lowest BCUT2D eigenvalue weighted by molar-refractivity contribution is 0.0963. The van der Waals surface area contributed by atoms with Crippen LogP contribution in [0.1, 0.15) is 36.5 Å². The predicted molar refractivity (Wildman–Crippen MR) is 120 cm³/mol. The predicted octanol–water partition coefficient (Wildman–Crippen LogP) is 3.88. The van der Waals surface area contributed by atoms with Crippen molar-refractivity contribution in [1.82, 2.24) is 20.2 Å². The van der Waals surface area contributed by atoms with E-state index in [9.17, 15) is 4.79 Å². The van der Waals surface area contributed by atoms with Gasteiger partial charge in [-0.3, -0.25) is 9.69 Å². The number of nitrogens with one attached hydrogen (secondary N) is 3. The van der Waals surface area contributed by atoms with E-state index in [1.807, 2.05) is 24.4 Å². The van der Waals surface area contributed by atoms with E-state index in [4.69, 9.17) is 0 Å². The first-order chi connectivity index (χ1) is 14.1. The Hall–Kier alpha value is -2.86. The highest BCUT2D eigenvalue weighted by Gasteiger charge is 2.21. The molecular formula is C23H31N5O. The van der Waals surface area contributed by atoms with E-state index in [1.54, 1.807) is 19.3 Å². The minimum absolute atomic E-state index is 0.119. The average molecular weight is 394 g/mol. The molecule has 1 amide bonds. The summed E-state index contributed by atoms with van der Waals surface area (Å²) in [6, 6.07) is 2.30. The molecule has 1 aliphatic rings. The van der Waals surface area contributed by atoms with Crippen molar-refractivity contribution in [2.75, 3.05) is 32.0 Å². The number of aromatic nitrogens is 2. The van der Waals surface area contributed by atoms with Gasteiger partial charge in [0.15, 0.2) is 0 Å². The number of nitrogens with zero attached hydrogens (tertiary/aromatic N) is 2. The zero-order chi connectivity index (χ0) is 20.6. The van der Waals surface area contributed by atoms with Gasteiger partial charge >= 0.3 is 0 Å².